The molecule has 0 amide bonds. The smallest absolute Gasteiger partial charge is 0.346 e. The third-order valence-corrected chi connectivity index (χ3v) is 5.17. The first-order chi connectivity index (χ1) is 13.0. The summed E-state index contributed by atoms with van der Waals surface area (Å²) >= 11 is 0. The molecule has 0 bridgehead atoms. The minimum atomic E-state index is -4.83. The monoisotopic (exact) mass is 399 g/mol. The van der Waals surface area contributed by atoms with Gasteiger partial charge in [0.1, 0.15) is 23.5 Å². The lowest BCUT2D eigenvalue weighted by Crippen LogP contribution is -2.50. The second-order valence-electron chi connectivity index (χ2n) is 6.80. The van der Waals surface area contributed by atoms with Crippen molar-refractivity contribution in [2.45, 2.75) is 36.5 Å². The maximum atomic E-state index is 14.6. The van der Waals surface area contributed by atoms with Gasteiger partial charge in [-0.1, -0.05) is 0 Å². The highest BCUT2D eigenvalue weighted by Crippen LogP contribution is 2.66. The van der Waals surface area contributed by atoms with Crippen molar-refractivity contribution < 1.29 is 36.2 Å². The van der Waals surface area contributed by atoms with Gasteiger partial charge >= 0.3 is 11.8 Å². The maximum absolute atomic E-state index is 14.6. The van der Waals surface area contributed by atoms with E-state index in [0.717, 1.165) is 24.3 Å². The zero-order valence-electron chi connectivity index (χ0n) is 13.9. The molecule has 1 N–H and O–H groups in total. The number of nitriles is 1. The summed E-state index contributed by atoms with van der Waals surface area (Å²) in [5, 5.41) is 19.3. The molecule has 28 heavy (non-hydrogen) atoms. The van der Waals surface area contributed by atoms with Crippen LogP contribution in [0.1, 0.15) is 41.3 Å². The van der Waals surface area contributed by atoms with Crippen molar-refractivity contribution in [3.8, 4) is 17.6 Å². The first-order valence-corrected chi connectivity index (χ1v) is 8.21. The molecule has 0 radical (unpaired) electrons. The highest BCUT2D eigenvalue weighted by Gasteiger charge is 2.77. The van der Waals surface area contributed by atoms with E-state index >= 15 is 0 Å². The van der Waals surface area contributed by atoms with E-state index in [-0.39, 0.29) is 11.3 Å². The van der Waals surface area contributed by atoms with Gasteiger partial charge in [0.25, 0.3) is 0 Å². The van der Waals surface area contributed by atoms with Crippen molar-refractivity contribution >= 4 is 0 Å². The van der Waals surface area contributed by atoms with Gasteiger partial charge in [0.05, 0.1) is 11.6 Å². The normalized spacial score (nSPS) is 26.4. The van der Waals surface area contributed by atoms with Crippen LogP contribution in [0.4, 0.5) is 26.3 Å². The standard InChI is InChI=1S/C19H11F6NO2/c20-10-5-9(8-26)6-11(7-10)28-14-2-1-12-16-15(14)13(21)3-4-17(16,27)19(24,25)18(12,22)23/h1-2,5-7,13,27H,3-4H2. The van der Waals surface area contributed by atoms with Gasteiger partial charge in [-0.3, -0.25) is 0 Å². The zero-order chi connectivity index (χ0) is 20.5. The third kappa shape index (κ3) is 2.21. The van der Waals surface area contributed by atoms with Gasteiger partial charge in [0, 0.05) is 22.8 Å². The molecule has 9 heteroatoms. The molecule has 2 atom stereocenters. The van der Waals surface area contributed by atoms with Gasteiger partial charge in [0.2, 0.25) is 0 Å². The van der Waals surface area contributed by atoms with Crippen LogP contribution in [0, 0.1) is 17.1 Å². The van der Waals surface area contributed by atoms with Crippen LogP contribution in [-0.4, -0.2) is 11.0 Å². The largest absolute Gasteiger partial charge is 0.457 e. The van der Waals surface area contributed by atoms with Crippen molar-refractivity contribution in [1.29, 1.82) is 5.26 Å². The van der Waals surface area contributed by atoms with Crippen LogP contribution in [0.15, 0.2) is 30.3 Å². The van der Waals surface area contributed by atoms with E-state index in [4.69, 9.17) is 10.00 Å². The van der Waals surface area contributed by atoms with Crippen LogP contribution in [-0.2, 0) is 11.5 Å². The Balaban J connectivity index is 1.91. The molecule has 146 valence electrons. The quantitative estimate of drug-likeness (QED) is 0.705. The van der Waals surface area contributed by atoms with Crippen LogP contribution in [0.25, 0.3) is 0 Å². The molecule has 0 saturated carbocycles. The Morgan fingerprint density at radius 1 is 1.14 bits per heavy atom. The number of hydrogen-bond acceptors (Lipinski definition) is 3. The van der Waals surface area contributed by atoms with Crippen molar-refractivity contribution in [1.82, 2.24) is 0 Å². The number of halogens is 6. The van der Waals surface area contributed by atoms with Crippen molar-refractivity contribution in [2.75, 3.05) is 0 Å². The Kier molecular flexibility index (Phi) is 3.75. The van der Waals surface area contributed by atoms with Gasteiger partial charge in [-0.15, -0.1) is 0 Å². The van der Waals surface area contributed by atoms with Crippen molar-refractivity contribution in [3.05, 3.63) is 58.4 Å². The lowest BCUT2D eigenvalue weighted by molar-refractivity contribution is -0.289. The summed E-state index contributed by atoms with van der Waals surface area (Å²) in [5.41, 5.74) is -6.04. The van der Waals surface area contributed by atoms with E-state index in [1.54, 1.807) is 6.07 Å². The summed E-state index contributed by atoms with van der Waals surface area (Å²) in [5.74, 6) is -11.0. The number of ether oxygens (including phenoxy) is 1. The van der Waals surface area contributed by atoms with E-state index in [1.807, 2.05) is 0 Å². The molecule has 2 unspecified atom stereocenters. The van der Waals surface area contributed by atoms with Crippen LogP contribution in [0.5, 0.6) is 11.5 Å². The van der Waals surface area contributed by atoms with Gasteiger partial charge in [0.15, 0.2) is 5.60 Å². The summed E-state index contributed by atoms with van der Waals surface area (Å²) in [6.07, 6.45) is -3.46. The van der Waals surface area contributed by atoms with E-state index in [1.165, 1.54) is 0 Å². The lowest BCUT2D eigenvalue weighted by atomic mass is 9.77. The zero-order valence-corrected chi connectivity index (χ0v) is 13.9. The Bertz CT molecular complexity index is 1030. The number of rotatable bonds is 2. The fourth-order valence-corrected chi connectivity index (χ4v) is 3.87. The highest BCUT2D eigenvalue weighted by molar-refractivity contribution is 5.58. The van der Waals surface area contributed by atoms with Gasteiger partial charge in [-0.25, -0.2) is 8.78 Å². The minimum Gasteiger partial charge on any atom is -0.457 e. The summed E-state index contributed by atoms with van der Waals surface area (Å²) in [6, 6.07) is 6.10. The summed E-state index contributed by atoms with van der Waals surface area (Å²) < 4.78 is 90.9. The average Bonchev–Trinajstić information content (AvgIpc) is 2.74. The summed E-state index contributed by atoms with van der Waals surface area (Å²) in [4.78, 5) is 0. The Labute approximate surface area is 154 Å². The molecule has 3 nitrogen and oxygen atoms in total. The Morgan fingerprint density at radius 3 is 2.54 bits per heavy atom. The molecule has 2 aliphatic rings. The second-order valence-corrected chi connectivity index (χ2v) is 6.80. The summed E-state index contributed by atoms with van der Waals surface area (Å²) in [6.45, 7) is 0. The number of benzene rings is 2. The average molecular weight is 399 g/mol. The van der Waals surface area contributed by atoms with E-state index in [9.17, 15) is 31.4 Å². The third-order valence-electron chi connectivity index (χ3n) is 5.17. The van der Waals surface area contributed by atoms with Crippen LogP contribution >= 0.6 is 0 Å². The number of hydrogen-bond donors (Lipinski definition) is 1. The molecule has 0 heterocycles. The SMILES string of the molecule is N#Cc1cc(F)cc(Oc2ccc3c4c2C(F)CCC4(O)C(F)(F)C3(F)F)c1. The second kappa shape index (κ2) is 5.64. The Hall–Kier alpha value is -2.73. The minimum absolute atomic E-state index is 0.115. The van der Waals surface area contributed by atoms with E-state index in [0.29, 0.717) is 6.07 Å². The van der Waals surface area contributed by atoms with Crippen LogP contribution in [0.2, 0.25) is 0 Å². The number of aliphatic hydroxyl groups is 1. The molecule has 0 aliphatic heterocycles. The Morgan fingerprint density at radius 2 is 1.86 bits per heavy atom. The van der Waals surface area contributed by atoms with Crippen molar-refractivity contribution in [2.24, 2.45) is 0 Å². The maximum Gasteiger partial charge on any atom is 0.346 e. The predicted octanol–water partition coefficient (Wildman–Crippen LogP) is 5.22. The molecule has 0 aromatic heterocycles. The van der Waals surface area contributed by atoms with Crippen LogP contribution in [0.3, 0.4) is 0 Å². The van der Waals surface area contributed by atoms with Crippen molar-refractivity contribution in [3.63, 3.8) is 0 Å². The topological polar surface area (TPSA) is 53.2 Å². The molecule has 0 saturated heterocycles. The van der Waals surface area contributed by atoms with Gasteiger partial charge in [-0.05, 0) is 37.1 Å². The molecule has 0 fully saturated rings. The van der Waals surface area contributed by atoms with E-state index in [2.05, 4.69) is 0 Å². The van der Waals surface area contributed by atoms with Crippen LogP contribution < -0.4 is 4.74 Å². The molecular formula is C19H11F6NO2. The van der Waals surface area contributed by atoms with Gasteiger partial charge in [-0.2, -0.15) is 22.8 Å². The molecule has 0 spiro atoms. The highest BCUT2D eigenvalue weighted by atomic mass is 19.3. The van der Waals surface area contributed by atoms with E-state index < -0.39 is 64.7 Å². The molecule has 2 aromatic rings. The molecule has 4 rings (SSSR count). The lowest BCUT2D eigenvalue weighted by Gasteiger charge is -2.37. The molecular weight excluding hydrogens is 388 g/mol. The van der Waals surface area contributed by atoms with Gasteiger partial charge < -0.3 is 9.84 Å². The summed E-state index contributed by atoms with van der Waals surface area (Å²) in [7, 11) is 0. The fraction of sp³-hybridized carbons (Fsp3) is 0.316. The first-order valence-electron chi connectivity index (χ1n) is 8.21. The number of nitrogens with zero attached hydrogens (tertiary/aromatic N) is 1. The molecule has 2 aliphatic carbocycles. The fourth-order valence-electron chi connectivity index (χ4n) is 3.87. The number of alkyl halides is 5. The predicted molar refractivity (Wildman–Crippen MR) is 83.5 cm³/mol. The molecule has 2 aromatic carbocycles. The first kappa shape index (κ1) is 18.6.